The Morgan fingerprint density at radius 2 is 1.47 bits per heavy atom. The van der Waals surface area contributed by atoms with E-state index in [1.54, 1.807) is 36.4 Å². The summed E-state index contributed by atoms with van der Waals surface area (Å²) >= 11 is 0. The van der Waals surface area contributed by atoms with Crippen molar-refractivity contribution in [1.29, 1.82) is 0 Å². The first-order valence-electron chi connectivity index (χ1n) is 9.66. The number of aliphatic hydroxyl groups is 1. The Bertz CT molecular complexity index is 904. The quantitative estimate of drug-likeness (QED) is 0.440. The summed E-state index contributed by atoms with van der Waals surface area (Å²) in [4.78, 5) is 12.9. The van der Waals surface area contributed by atoms with Crippen LogP contribution in [0, 0.1) is 0 Å². The summed E-state index contributed by atoms with van der Waals surface area (Å²) in [6.45, 7) is 2.23. The minimum absolute atomic E-state index is 0.108. The molecule has 0 spiro atoms. The molecule has 0 radical (unpaired) electrons. The molecule has 0 amide bonds. The van der Waals surface area contributed by atoms with Crippen molar-refractivity contribution in [1.82, 2.24) is 0 Å². The molecule has 8 heteroatoms. The summed E-state index contributed by atoms with van der Waals surface area (Å²) in [5, 5.41) is 10.6. The molecule has 2 heterocycles. The molecule has 1 N–H and O–H groups in total. The first kappa shape index (κ1) is 20.5. The van der Waals surface area contributed by atoms with Gasteiger partial charge in [-0.1, -0.05) is 6.07 Å². The Hall–Kier alpha value is -2.81. The van der Waals surface area contributed by atoms with Crippen molar-refractivity contribution in [2.45, 2.75) is 18.3 Å². The van der Waals surface area contributed by atoms with E-state index in [0.29, 0.717) is 60.6 Å². The van der Waals surface area contributed by atoms with Crippen molar-refractivity contribution >= 4 is 5.78 Å². The van der Waals surface area contributed by atoms with Crippen LogP contribution >= 0.6 is 0 Å². The van der Waals surface area contributed by atoms with Gasteiger partial charge in [0.2, 0.25) is 0 Å². The number of hydrogen-bond donors (Lipinski definition) is 1. The van der Waals surface area contributed by atoms with Gasteiger partial charge in [-0.25, -0.2) is 0 Å². The van der Waals surface area contributed by atoms with Crippen LogP contribution in [0.1, 0.15) is 22.0 Å². The number of rotatable bonds is 11. The minimum atomic E-state index is -1.36. The molecule has 4 rings (SSSR count). The fourth-order valence-corrected chi connectivity index (χ4v) is 2.92. The van der Waals surface area contributed by atoms with E-state index in [9.17, 15) is 9.90 Å². The van der Waals surface area contributed by atoms with Crippen molar-refractivity contribution in [2.75, 3.05) is 40.6 Å². The van der Waals surface area contributed by atoms with Crippen LogP contribution in [0.2, 0.25) is 0 Å². The maximum atomic E-state index is 12.9. The standard InChI is InChI=1S/C22H24O8/c1-25-19-7-13(3-5-17(19)29-11-15-9-27-15)21(23)22(24)14-4-6-18(20(8-14)26-2)30-12-16-10-28-16/h3-8,15-16,21,23H,9-12H2,1-2H3. The molecule has 2 aliphatic heterocycles. The van der Waals surface area contributed by atoms with Gasteiger partial charge in [-0.2, -0.15) is 0 Å². The maximum Gasteiger partial charge on any atom is 0.195 e. The molecule has 2 aromatic rings. The molecule has 0 aliphatic carbocycles. The molecular weight excluding hydrogens is 392 g/mol. The number of ether oxygens (including phenoxy) is 6. The molecule has 0 bridgehead atoms. The normalized spacial score (nSPS) is 20.2. The summed E-state index contributed by atoms with van der Waals surface area (Å²) in [5.74, 6) is 1.43. The van der Waals surface area contributed by atoms with E-state index < -0.39 is 11.9 Å². The molecular formula is C22H24O8. The molecule has 2 aliphatic rings. The molecule has 2 saturated heterocycles. The molecule has 2 aromatic carbocycles. The predicted octanol–water partition coefficient (Wildman–Crippen LogP) is 2.18. The largest absolute Gasteiger partial charge is 0.493 e. The van der Waals surface area contributed by atoms with Crippen LogP contribution in [0.5, 0.6) is 23.0 Å². The zero-order valence-electron chi connectivity index (χ0n) is 16.8. The Kier molecular flexibility index (Phi) is 6.08. The number of benzene rings is 2. The number of Topliss-reactive ketones (excluding diaryl/α,β-unsaturated/α-hetero) is 1. The van der Waals surface area contributed by atoms with Crippen molar-refractivity contribution in [3.8, 4) is 23.0 Å². The average molecular weight is 416 g/mol. The summed E-state index contributed by atoms with van der Waals surface area (Å²) in [5.41, 5.74) is 0.705. The predicted molar refractivity (Wildman–Crippen MR) is 106 cm³/mol. The second kappa shape index (κ2) is 8.91. The monoisotopic (exact) mass is 416 g/mol. The molecule has 0 saturated carbocycles. The second-order valence-electron chi connectivity index (χ2n) is 7.08. The third-order valence-corrected chi connectivity index (χ3v) is 4.85. The summed E-state index contributed by atoms with van der Waals surface area (Å²) in [6.07, 6.45) is -1.15. The van der Waals surface area contributed by atoms with Crippen LogP contribution in [-0.2, 0) is 9.47 Å². The van der Waals surface area contributed by atoms with E-state index in [-0.39, 0.29) is 12.2 Å². The van der Waals surface area contributed by atoms with Crippen LogP contribution in [0.25, 0.3) is 0 Å². The topological polar surface area (TPSA) is 99.3 Å². The number of methoxy groups -OCH3 is 2. The van der Waals surface area contributed by atoms with Gasteiger partial charge in [0.25, 0.3) is 0 Å². The summed E-state index contributed by atoms with van der Waals surface area (Å²) in [6, 6.07) is 9.71. The molecule has 3 atom stereocenters. The SMILES string of the molecule is COc1cc(C(=O)C(O)c2ccc(OCC3CO3)c(OC)c2)ccc1OCC1CO1. The van der Waals surface area contributed by atoms with E-state index in [1.807, 2.05) is 0 Å². The highest BCUT2D eigenvalue weighted by atomic mass is 16.6. The Morgan fingerprint density at radius 1 is 0.933 bits per heavy atom. The van der Waals surface area contributed by atoms with Crippen molar-refractivity contribution in [2.24, 2.45) is 0 Å². The lowest BCUT2D eigenvalue weighted by Crippen LogP contribution is -2.13. The van der Waals surface area contributed by atoms with Gasteiger partial charge in [-0.3, -0.25) is 4.79 Å². The average Bonchev–Trinajstić information content (AvgIpc) is 3.70. The van der Waals surface area contributed by atoms with Crippen LogP contribution < -0.4 is 18.9 Å². The molecule has 8 nitrogen and oxygen atoms in total. The van der Waals surface area contributed by atoms with Crippen LogP contribution in [-0.4, -0.2) is 63.7 Å². The third kappa shape index (κ3) is 4.84. The molecule has 0 aromatic heterocycles. The minimum Gasteiger partial charge on any atom is -0.493 e. The van der Waals surface area contributed by atoms with Crippen LogP contribution in [0.15, 0.2) is 36.4 Å². The molecule has 160 valence electrons. The number of hydrogen-bond acceptors (Lipinski definition) is 8. The summed E-state index contributed by atoms with van der Waals surface area (Å²) in [7, 11) is 3.00. The number of carbonyl (C=O) groups is 1. The number of ketones is 1. The van der Waals surface area contributed by atoms with E-state index >= 15 is 0 Å². The van der Waals surface area contributed by atoms with Gasteiger partial charge < -0.3 is 33.5 Å². The van der Waals surface area contributed by atoms with Gasteiger partial charge in [-0.05, 0) is 35.9 Å². The van der Waals surface area contributed by atoms with Crippen LogP contribution in [0.4, 0.5) is 0 Å². The second-order valence-corrected chi connectivity index (χ2v) is 7.08. The third-order valence-electron chi connectivity index (χ3n) is 4.85. The highest BCUT2D eigenvalue weighted by Crippen LogP contribution is 2.34. The van der Waals surface area contributed by atoms with Gasteiger partial charge >= 0.3 is 0 Å². The number of epoxide rings is 2. The Balaban J connectivity index is 1.47. The number of carbonyl (C=O) groups excluding carboxylic acids is 1. The zero-order valence-corrected chi connectivity index (χ0v) is 16.8. The van der Waals surface area contributed by atoms with Crippen molar-refractivity contribution < 1.29 is 38.3 Å². The van der Waals surface area contributed by atoms with Crippen molar-refractivity contribution in [3.05, 3.63) is 47.5 Å². The van der Waals surface area contributed by atoms with E-state index in [1.165, 1.54) is 14.2 Å². The lowest BCUT2D eigenvalue weighted by molar-refractivity contribution is 0.0746. The van der Waals surface area contributed by atoms with E-state index in [0.717, 1.165) is 0 Å². The van der Waals surface area contributed by atoms with Gasteiger partial charge in [0.05, 0.1) is 27.4 Å². The molecule has 30 heavy (non-hydrogen) atoms. The van der Waals surface area contributed by atoms with Gasteiger partial charge in [0, 0.05) is 5.56 Å². The fourth-order valence-electron chi connectivity index (χ4n) is 2.92. The maximum absolute atomic E-state index is 12.9. The number of aliphatic hydroxyl groups excluding tert-OH is 1. The fraction of sp³-hybridized carbons (Fsp3) is 0.409. The highest BCUT2D eigenvalue weighted by Gasteiger charge is 2.26. The molecule has 2 fully saturated rings. The smallest absolute Gasteiger partial charge is 0.195 e. The van der Waals surface area contributed by atoms with Gasteiger partial charge in [-0.15, -0.1) is 0 Å². The highest BCUT2D eigenvalue weighted by molar-refractivity contribution is 6.00. The van der Waals surface area contributed by atoms with Gasteiger partial charge in [0.1, 0.15) is 31.5 Å². The van der Waals surface area contributed by atoms with Crippen molar-refractivity contribution in [3.63, 3.8) is 0 Å². The molecule has 3 unspecified atom stereocenters. The summed E-state index contributed by atoms with van der Waals surface area (Å²) < 4.78 is 32.2. The lowest BCUT2D eigenvalue weighted by Gasteiger charge is -2.16. The van der Waals surface area contributed by atoms with E-state index in [2.05, 4.69) is 0 Å². The van der Waals surface area contributed by atoms with E-state index in [4.69, 9.17) is 28.4 Å². The lowest BCUT2D eigenvalue weighted by atomic mass is 9.99. The Labute approximate surface area is 174 Å². The first-order valence-corrected chi connectivity index (χ1v) is 9.66. The van der Waals surface area contributed by atoms with Gasteiger partial charge in [0.15, 0.2) is 28.8 Å². The zero-order chi connectivity index (χ0) is 21.1. The Morgan fingerprint density at radius 3 is 2.00 bits per heavy atom. The van der Waals surface area contributed by atoms with Crippen LogP contribution in [0.3, 0.4) is 0 Å². The first-order chi connectivity index (χ1) is 14.6.